The van der Waals surface area contributed by atoms with E-state index in [1.807, 2.05) is 60.7 Å². The van der Waals surface area contributed by atoms with E-state index in [9.17, 15) is 0 Å². The molecule has 1 aromatic heterocycles. The topological polar surface area (TPSA) is 18.5 Å². The first-order valence-corrected chi connectivity index (χ1v) is 8.63. The Morgan fingerprint density at radius 2 is 1.00 bits per heavy atom. The normalized spacial score (nSPS) is 10.1. The van der Waals surface area contributed by atoms with Gasteiger partial charge in [-0.15, -0.1) is 0 Å². The third-order valence-corrected chi connectivity index (χ3v) is 4.53. The van der Waals surface area contributed by atoms with Crippen LogP contribution in [0.3, 0.4) is 0 Å². The summed E-state index contributed by atoms with van der Waals surface area (Å²) in [7, 11) is 0. The zero-order valence-corrected chi connectivity index (χ0v) is 12.5. The number of para-hydroxylation sites is 2. The van der Waals surface area contributed by atoms with E-state index < -0.39 is 0 Å². The molecule has 3 heteroatoms. The van der Waals surface area contributed by atoms with E-state index in [1.165, 1.54) is 0 Å². The fourth-order valence-corrected chi connectivity index (χ4v) is 3.49. The molecule has 0 unspecified atom stereocenters. The molecule has 0 fully saturated rings. The monoisotopic (exact) mass is 366 g/mol. The van der Waals surface area contributed by atoms with Crippen molar-refractivity contribution in [1.82, 2.24) is 0 Å². The van der Waals surface area contributed by atoms with Crippen molar-refractivity contribution < 1.29 is 9.47 Å². The number of ether oxygens (including phenoxy) is 2. The van der Waals surface area contributed by atoms with Crippen LogP contribution in [0.4, 0.5) is 0 Å². The molecule has 94 valence electrons. The molecule has 0 spiro atoms. The second kappa shape index (κ2) is 5.97. The summed E-state index contributed by atoms with van der Waals surface area (Å²) in [6.07, 6.45) is 0. The Morgan fingerprint density at radius 1 is 0.579 bits per heavy atom. The molecule has 0 N–H and O–H groups in total. The molecule has 1 heterocycles. The molecular formula is C16H12O2Te. The molecular weight excluding hydrogens is 352 g/mol. The average molecular weight is 364 g/mol. The van der Waals surface area contributed by atoms with Crippen LogP contribution in [-0.4, -0.2) is 20.4 Å². The maximum atomic E-state index is 5.86. The van der Waals surface area contributed by atoms with Crippen molar-refractivity contribution in [2.45, 2.75) is 0 Å². The van der Waals surface area contributed by atoms with E-state index in [0.717, 1.165) is 23.0 Å². The SMILES string of the molecule is c1ccc(Oc2c[te]cc2Oc2ccccc2)cc1. The van der Waals surface area contributed by atoms with Gasteiger partial charge in [-0.2, -0.15) is 0 Å². The van der Waals surface area contributed by atoms with Crippen molar-refractivity contribution in [3.8, 4) is 23.0 Å². The van der Waals surface area contributed by atoms with Crippen LogP contribution in [0.2, 0.25) is 0 Å². The van der Waals surface area contributed by atoms with Gasteiger partial charge in [-0.25, -0.2) is 0 Å². The Bertz CT molecular complexity index is 576. The van der Waals surface area contributed by atoms with Crippen LogP contribution in [-0.2, 0) is 0 Å². The zero-order chi connectivity index (χ0) is 12.9. The van der Waals surface area contributed by atoms with E-state index in [0.29, 0.717) is 0 Å². The van der Waals surface area contributed by atoms with Gasteiger partial charge in [0.05, 0.1) is 0 Å². The van der Waals surface area contributed by atoms with E-state index in [4.69, 9.17) is 9.47 Å². The van der Waals surface area contributed by atoms with Gasteiger partial charge in [-0.05, 0) is 0 Å². The summed E-state index contributed by atoms with van der Waals surface area (Å²) < 4.78 is 16.0. The summed E-state index contributed by atoms with van der Waals surface area (Å²) in [6.45, 7) is 0. The fraction of sp³-hybridized carbons (Fsp3) is 0. The van der Waals surface area contributed by atoms with Crippen LogP contribution >= 0.6 is 0 Å². The molecule has 19 heavy (non-hydrogen) atoms. The van der Waals surface area contributed by atoms with Crippen LogP contribution in [0.25, 0.3) is 0 Å². The number of hydrogen-bond acceptors (Lipinski definition) is 2. The van der Waals surface area contributed by atoms with Gasteiger partial charge in [0, 0.05) is 0 Å². The number of benzene rings is 2. The molecule has 2 aromatic carbocycles. The molecule has 0 aliphatic carbocycles. The Balaban J connectivity index is 1.79. The molecule has 3 rings (SSSR count). The van der Waals surface area contributed by atoms with Crippen molar-refractivity contribution in [2.24, 2.45) is 0 Å². The predicted molar refractivity (Wildman–Crippen MR) is 76.4 cm³/mol. The standard InChI is InChI=1S/C16H12O2Te/c1-3-7-13(8-4-1)17-15-11-19-12-16(15)18-14-9-5-2-6-10-14/h1-12H. The Kier molecular flexibility index (Phi) is 3.88. The van der Waals surface area contributed by atoms with E-state index >= 15 is 0 Å². The summed E-state index contributed by atoms with van der Waals surface area (Å²) in [5, 5.41) is 0. The first-order chi connectivity index (χ1) is 9.42. The van der Waals surface area contributed by atoms with Crippen molar-refractivity contribution in [1.29, 1.82) is 0 Å². The second-order valence-corrected chi connectivity index (χ2v) is 6.05. The average Bonchev–Trinajstić information content (AvgIpc) is 2.88. The third-order valence-electron chi connectivity index (χ3n) is 2.54. The molecule has 0 atom stereocenters. The van der Waals surface area contributed by atoms with E-state index in [2.05, 4.69) is 8.16 Å². The second-order valence-electron chi connectivity index (χ2n) is 3.93. The molecule has 0 amide bonds. The quantitative estimate of drug-likeness (QED) is 0.642. The van der Waals surface area contributed by atoms with Crippen molar-refractivity contribution in [2.75, 3.05) is 0 Å². The molecule has 2 nitrogen and oxygen atoms in total. The maximum absolute atomic E-state index is 5.86. The summed E-state index contributed by atoms with van der Waals surface area (Å²) >= 11 is -0.281. The minimum absolute atomic E-state index is 0.281. The van der Waals surface area contributed by atoms with Gasteiger partial charge in [0.25, 0.3) is 0 Å². The molecule has 0 bridgehead atoms. The van der Waals surface area contributed by atoms with Crippen LogP contribution in [0.15, 0.2) is 68.8 Å². The zero-order valence-electron chi connectivity index (χ0n) is 10.2. The molecule has 0 saturated heterocycles. The van der Waals surface area contributed by atoms with Crippen LogP contribution in [0.5, 0.6) is 23.0 Å². The van der Waals surface area contributed by atoms with Gasteiger partial charge >= 0.3 is 122 Å². The van der Waals surface area contributed by atoms with E-state index in [-0.39, 0.29) is 20.4 Å². The third kappa shape index (κ3) is 3.20. The number of rotatable bonds is 4. The summed E-state index contributed by atoms with van der Waals surface area (Å²) in [5.41, 5.74) is 0. The van der Waals surface area contributed by atoms with Crippen molar-refractivity contribution >= 4 is 20.4 Å². The molecule has 0 saturated carbocycles. The first-order valence-electron chi connectivity index (χ1n) is 5.94. The van der Waals surface area contributed by atoms with Crippen molar-refractivity contribution in [3.63, 3.8) is 0 Å². The van der Waals surface area contributed by atoms with Gasteiger partial charge in [0.1, 0.15) is 0 Å². The molecule has 0 aliphatic rings. The van der Waals surface area contributed by atoms with Gasteiger partial charge in [0.15, 0.2) is 0 Å². The predicted octanol–water partition coefficient (Wildman–Crippen LogP) is 4.33. The molecule has 0 aliphatic heterocycles. The van der Waals surface area contributed by atoms with Crippen LogP contribution in [0.1, 0.15) is 0 Å². The first kappa shape index (κ1) is 12.3. The summed E-state index contributed by atoms with van der Waals surface area (Å²) in [4.78, 5) is 0. The van der Waals surface area contributed by atoms with Crippen LogP contribution < -0.4 is 9.47 Å². The minimum atomic E-state index is -0.281. The summed E-state index contributed by atoms with van der Waals surface area (Å²) in [6, 6.07) is 19.6. The molecule has 0 radical (unpaired) electrons. The van der Waals surface area contributed by atoms with Crippen molar-refractivity contribution in [3.05, 3.63) is 68.8 Å². The Morgan fingerprint density at radius 3 is 1.42 bits per heavy atom. The fourth-order valence-electron chi connectivity index (χ4n) is 1.65. The summed E-state index contributed by atoms with van der Waals surface area (Å²) in [5.74, 6) is 3.34. The number of hydrogen-bond donors (Lipinski definition) is 0. The van der Waals surface area contributed by atoms with Gasteiger partial charge in [-0.3, -0.25) is 0 Å². The van der Waals surface area contributed by atoms with E-state index in [1.54, 1.807) is 0 Å². The molecule has 3 aromatic rings. The van der Waals surface area contributed by atoms with Gasteiger partial charge < -0.3 is 0 Å². The van der Waals surface area contributed by atoms with Crippen LogP contribution in [0, 0.1) is 0 Å². The van der Waals surface area contributed by atoms with Gasteiger partial charge in [0.2, 0.25) is 0 Å². The van der Waals surface area contributed by atoms with Gasteiger partial charge in [-0.1, -0.05) is 0 Å². The Hall–Kier alpha value is -1.69. The Labute approximate surface area is 121 Å².